The highest BCUT2D eigenvalue weighted by Crippen LogP contribution is 2.24. The molecule has 0 saturated heterocycles. The summed E-state index contributed by atoms with van der Waals surface area (Å²) in [5.74, 6) is 1.25. The Bertz CT molecular complexity index is 1420. The van der Waals surface area contributed by atoms with Gasteiger partial charge in [-0.25, -0.2) is 9.78 Å². The Kier molecular flexibility index (Phi) is 6.50. The molecule has 0 atom stereocenters. The molecule has 0 unspecified atom stereocenters. The van der Waals surface area contributed by atoms with Gasteiger partial charge in [0.05, 0.1) is 22.9 Å². The van der Waals surface area contributed by atoms with Gasteiger partial charge in [-0.05, 0) is 66.2 Å². The number of oxazole rings is 1. The molecule has 3 heterocycles. The third kappa shape index (κ3) is 5.20. The lowest BCUT2D eigenvalue weighted by Crippen LogP contribution is -2.03. The number of hydrogen-bond donors (Lipinski definition) is 1. The van der Waals surface area contributed by atoms with Crippen LogP contribution in [-0.2, 0) is 12.8 Å². The molecule has 5 aromatic rings. The number of ether oxygens (including phenoxy) is 1. The second-order valence-corrected chi connectivity index (χ2v) is 9.09. The maximum atomic E-state index is 11.7. The van der Waals surface area contributed by atoms with Crippen LogP contribution >= 0.6 is 11.3 Å². The number of rotatable bonds is 9. The average Bonchev–Trinajstić information content (AvgIpc) is 3.61. The summed E-state index contributed by atoms with van der Waals surface area (Å²) in [5.41, 5.74) is 3.95. The molecule has 0 saturated carbocycles. The Labute approximate surface area is 207 Å². The van der Waals surface area contributed by atoms with E-state index in [1.54, 1.807) is 17.5 Å². The molecule has 7 heteroatoms. The van der Waals surface area contributed by atoms with Crippen molar-refractivity contribution in [2.24, 2.45) is 0 Å². The van der Waals surface area contributed by atoms with E-state index in [-0.39, 0.29) is 0 Å². The number of carbonyl (C=O) groups is 1. The van der Waals surface area contributed by atoms with Crippen LogP contribution in [0.2, 0.25) is 0 Å². The van der Waals surface area contributed by atoms with Gasteiger partial charge in [-0.1, -0.05) is 30.3 Å². The molecule has 0 aliphatic heterocycles. The number of nitrogens with zero attached hydrogens (tertiary/aromatic N) is 2. The van der Waals surface area contributed by atoms with E-state index >= 15 is 0 Å². The van der Waals surface area contributed by atoms with E-state index in [1.807, 2.05) is 89.8 Å². The van der Waals surface area contributed by atoms with Crippen molar-refractivity contribution in [1.82, 2.24) is 9.55 Å². The van der Waals surface area contributed by atoms with Crippen molar-refractivity contribution in [3.63, 3.8) is 0 Å². The van der Waals surface area contributed by atoms with E-state index < -0.39 is 5.97 Å². The van der Waals surface area contributed by atoms with Crippen LogP contribution in [0.3, 0.4) is 0 Å². The summed E-state index contributed by atoms with van der Waals surface area (Å²) in [6.07, 6.45) is 4.74. The van der Waals surface area contributed by atoms with Gasteiger partial charge in [0.1, 0.15) is 11.5 Å². The molecular formula is C28H24N2O4S. The lowest BCUT2D eigenvalue weighted by Gasteiger charge is -2.07. The Morgan fingerprint density at radius 2 is 1.86 bits per heavy atom. The highest BCUT2D eigenvalue weighted by atomic mass is 32.1. The van der Waals surface area contributed by atoms with Crippen LogP contribution in [0.4, 0.5) is 0 Å². The van der Waals surface area contributed by atoms with Crippen LogP contribution in [0, 0.1) is 6.92 Å². The molecule has 0 fully saturated rings. The first-order valence-electron chi connectivity index (χ1n) is 11.3. The van der Waals surface area contributed by atoms with E-state index in [2.05, 4.69) is 4.98 Å². The average molecular weight is 485 g/mol. The van der Waals surface area contributed by atoms with Gasteiger partial charge < -0.3 is 18.8 Å². The van der Waals surface area contributed by atoms with Gasteiger partial charge in [-0.2, -0.15) is 0 Å². The number of aromatic carboxylic acids is 1. The van der Waals surface area contributed by atoms with Gasteiger partial charge in [0.15, 0.2) is 0 Å². The minimum absolute atomic E-state index is 0.316. The molecule has 35 heavy (non-hydrogen) atoms. The van der Waals surface area contributed by atoms with E-state index in [0.29, 0.717) is 30.9 Å². The normalized spacial score (nSPS) is 11.0. The van der Waals surface area contributed by atoms with Crippen LogP contribution in [0.25, 0.3) is 16.5 Å². The quantitative estimate of drug-likeness (QED) is 0.261. The Balaban J connectivity index is 1.21. The first-order chi connectivity index (χ1) is 17.1. The van der Waals surface area contributed by atoms with Gasteiger partial charge >= 0.3 is 5.97 Å². The topological polar surface area (TPSA) is 77.5 Å². The standard InChI is InChI=1S/C28H24N2O4S/c1-19-25(29-27(34-19)21-6-3-2-4-7-21)13-14-33-23-11-9-20(10-12-23)16-22-17-30(18-24(22)28(31)32)26-8-5-15-35-26/h2-12,15,17-18H,13-14,16H2,1H3,(H,31,32). The summed E-state index contributed by atoms with van der Waals surface area (Å²) in [6, 6.07) is 21.5. The van der Waals surface area contributed by atoms with Crippen molar-refractivity contribution in [2.75, 3.05) is 6.61 Å². The maximum Gasteiger partial charge on any atom is 0.337 e. The van der Waals surface area contributed by atoms with Crippen molar-refractivity contribution in [3.8, 4) is 22.2 Å². The molecule has 1 N–H and O–H groups in total. The summed E-state index contributed by atoms with van der Waals surface area (Å²) in [4.78, 5) is 16.4. The molecule has 0 aliphatic rings. The lowest BCUT2D eigenvalue weighted by molar-refractivity contribution is 0.0696. The fourth-order valence-electron chi connectivity index (χ4n) is 3.93. The molecule has 2 aromatic carbocycles. The lowest BCUT2D eigenvalue weighted by atomic mass is 10.0. The fourth-order valence-corrected chi connectivity index (χ4v) is 4.61. The summed E-state index contributed by atoms with van der Waals surface area (Å²) < 4.78 is 13.6. The van der Waals surface area contributed by atoms with Crippen LogP contribution in [0.5, 0.6) is 5.75 Å². The van der Waals surface area contributed by atoms with Crippen molar-refractivity contribution in [3.05, 3.63) is 113 Å². The first kappa shape index (κ1) is 22.7. The molecule has 0 bridgehead atoms. The molecule has 176 valence electrons. The van der Waals surface area contributed by atoms with Crippen molar-refractivity contribution < 1.29 is 19.1 Å². The summed E-state index contributed by atoms with van der Waals surface area (Å²) >= 11 is 1.57. The number of aryl methyl sites for hydroxylation is 1. The van der Waals surface area contributed by atoms with Gasteiger partial charge in [-0.15, -0.1) is 11.3 Å². The zero-order valence-electron chi connectivity index (χ0n) is 19.2. The molecular weight excluding hydrogens is 460 g/mol. The van der Waals surface area contributed by atoms with E-state index in [0.717, 1.165) is 38.9 Å². The summed E-state index contributed by atoms with van der Waals surface area (Å²) in [7, 11) is 0. The molecule has 0 spiro atoms. The third-order valence-corrected chi connectivity index (χ3v) is 6.62. The van der Waals surface area contributed by atoms with E-state index in [4.69, 9.17) is 9.15 Å². The second kappa shape index (κ2) is 10.0. The number of aromatic nitrogens is 2. The second-order valence-electron chi connectivity index (χ2n) is 8.17. The van der Waals surface area contributed by atoms with Crippen LogP contribution in [0.15, 0.2) is 88.9 Å². The highest BCUT2D eigenvalue weighted by molar-refractivity contribution is 7.12. The Morgan fingerprint density at radius 1 is 1.06 bits per heavy atom. The zero-order chi connectivity index (χ0) is 24.2. The third-order valence-electron chi connectivity index (χ3n) is 5.74. The first-order valence-corrected chi connectivity index (χ1v) is 12.2. The van der Waals surface area contributed by atoms with E-state index in [1.165, 1.54) is 0 Å². The van der Waals surface area contributed by atoms with Crippen molar-refractivity contribution in [1.29, 1.82) is 0 Å². The minimum atomic E-state index is -0.922. The van der Waals surface area contributed by atoms with Gasteiger partial charge in [0, 0.05) is 24.4 Å². The van der Waals surface area contributed by atoms with Gasteiger partial charge in [0.2, 0.25) is 5.89 Å². The summed E-state index contributed by atoms with van der Waals surface area (Å²) in [6.45, 7) is 2.40. The molecule has 0 amide bonds. The molecule has 5 rings (SSSR count). The predicted molar refractivity (Wildman–Crippen MR) is 136 cm³/mol. The monoisotopic (exact) mass is 484 g/mol. The Morgan fingerprint density at radius 3 is 2.57 bits per heavy atom. The van der Waals surface area contributed by atoms with Crippen molar-refractivity contribution >= 4 is 17.3 Å². The van der Waals surface area contributed by atoms with Gasteiger partial charge in [0.25, 0.3) is 0 Å². The number of hydrogen-bond acceptors (Lipinski definition) is 5. The fraction of sp³-hybridized carbons (Fsp3) is 0.143. The van der Waals surface area contributed by atoms with E-state index in [9.17, 15) is 9.90 Å². The minimum Gasteiger partial charge on any atom is -0.493 e. The molecule has 6 nitrogen and oxygen atoms in total. The Hall–Kier alpha value is -4.10. The molecule has 0 aliphatic carbocycles. The van der Waals surface area contributed by atoms with Crippen LogP contribution in [0.1, 0.15) is 32.9 Å². The number of benzene rings is 2. The highest BCUT2D eigenvalue weighted by Gasteiger charge is 2.15. The number of thiophene rings is 1. The SMILES string of the molecule is Cc1oc(-c2ccccc2)nc1CCOc1ccc(Cc2cn(-c3cccs3)cc2C(=O)O)cc1. The largest absolute Gasteiger partial charge is 0.493 e. The smallest absolute Gasteiger partial charge is 0.337 e. The molecule has 3 aromatic heterocycles. The maximum absolute atomic E-state index is 11.7. The van der Waals surface area contributed by atoms with Crippen LogP contribution in [-0.4, -0.2) is 27.2 Å². The van der Waals surface area contributed by atoms with Crippen LogP contribution < -0.4 is 4.74 Å². The van der Waals surface area contributed by atoms with Crippen molar-refractivity contribution in [2.45, 2.75) is 19.8 Å². The predicted octanol–water partition coefficient (Wildman–Crippen LogP) is 6.41. The summed E-state index contributed by atoms with van der Waals surface area (Å²) in [5, 5.41) is 12.6. The number of carboxylic acids is 1. The number of carboxylic acid groups (broad SMARTS) is 1. The molecule has 0 radical (unpaired) electrons. The van der Waals surface area contributed by atoms with Gasteiger partial charge in [-0.3, -0.25) is 0 Å². The zero-order valence-corrected chi connectivity index (χ0v) is 20.0.